The van der Waals surface area contributed by atoms with E-state index in [0.29, 0.717) is 17.8 Å². The first-order valence-electron chi connectivity index (χ1n) is 7.58. The molecular formula is C18H19N3O2. The standard InChI is InChI=1S/C18H19N3O2/c1-3-10-21-17-14(8-5-9-20-17)15(16(19)18(21)22)12-6-4-7-13(11-12)23-2/h4-9,11H,3,10,19H2,1-2H3. The molecule has 0 aliphatic rings. The lowest BCUT2D eigenvalue weighted by Gasteiger charge is -2.15. The first kappa shape index (κ1) is 15.1. The maximum Gasteiger partial charge on any atom is 0.275 e. The summed E-state index contributed by atoms with van der Waals surface area (Å²) < 4.78 is 6.93. The number of hydrogen-bond donors (Lipinski definition) is 1. The van der Waals surface area contributed by atoms with Crippen LogP contribution in [-0.2, 0) is 6.54 Å². The van der Waals surface area contributed by atoms with E-state index < -0.39 is 0 Å². The number of methoxy groups -OCH3 is 1. The number of nitrogen functional groups attached to an aromatic ring is 1. The van der Waals surface area contributed by atoms with Crippen molar-refractivity contribution in [3.8, 4) is 16.9 Å². The van der Waals surface area contributed by atoms with Crippen LogP contribution in [0.25, 0.3) is 22.2 Å². The van der Waals surface area contributed by atoms with Crippen molar-refractivity contribution < 1.29 is 4.74 Å². The minimum absolute atomic E-state index is 0.198. The molecule has 118 valence electrons. The maximum absolute atomic E-state index is 12.7. The largest absolute Gasteiger partial charge is 0.497 e. The summed E-state index contributed by atoms with van der Waals surface area (Å²) in [5.74, 6) is 0.719. The van der Waals surface area contributed by atoms with Crippen molar-refractivity contribution in [1.29, 1.82) is 0 Å². The quantitative estimate of drug-likeness (QED) is 0.804. The molecule has 5 nitrogen and oxygen atoms in total. The number of anilines is 1. The third-order valence-electron chi connectivity index (χ3n) is 3.86. The second-order valence-electron chi connectivity index (χ2n) is 5.35. The molecule has 0 atom stereocenters. The zero-order valence-corrected chi connectivity index (χ0v) is 13.2. The van der Waals surface area contributed by atoms with Gasteiger partial charge >= 0.3 is 0 Å². The van der Waals surface area contributed by atoms with Crippen LogP contribution in [0.1, 0.15) is 13.3 Å². The van der Waals surface area contributed by atoms with Crippen LogP contribution in [0, 0.1) is 0 Å². The van der Waals surface area contributed by atoms with Crippen molar-refractivity contribution in [3.63, 3.8) is 0 Å². The van der Waals surface area contributed by atoms with Gasteiger partial charge in [0.25, 0.3) is 5.56 Å². The Hall–Kier alpha value is -2.82. The lowest BCUT2D eigenvalue weighted by Crippen LogP contribution is -2.25. The summed E-state index contributed by atoms with van der Waals surface area (Å²) in [5, 5.41) is 0.867. The molecule has 1 aromatic carbocycles. The molecule has 0 saturated heterocycles. The Kier molecular flexibility index (Phi) is 4.02. The summed E-state index contributed by atoms with van der Waals surface area (Å²) in [7, 11) is 1.61. The number of pyridine rings is 2. The topological polar surface area (TPSA) is 70.1 Å². The highest BCUT2D eigenvalue weighted by atomic mass is 16.5. The van der Waals surface area contributed by atoms with Gasteiger partial charge in [0.05, 0.1) is 7.11 Å². The van der Waals surface area contributed by atoms with Gasteiger partial charge in [-0.25, -0.2) is 4.98 Å². The Bertz CT molecular complexity index is 916. The summed E-state index contributed by atoms with van der Waals surface area (Å²) in [6.45, 7) is 2.61. The Morgan fingerprint density at radius 3 is 2.83 bits per heavy atom. The van der Waals surface area contributed by atoms with Crippen LogP contribution in [0.3, 0.4) is 0 Å². The lowest BCUT2D eigenvalue weighted by atomic mass is 10.0. The van der Waals surface area contributed by atoms with Crippen LogP contribution in [0.2, 0.25) is 0 Å². The van der Waals surface area contributed by atoms with Crippen molar-refractivity contribution in [2.45, 2.75) is 19.9 Å². The fourth-order valence-electron chi connectivity index (χ4n) is 2.82. The molecule has 0 amide bonds. The molecule has 2 N–H and O–H groups in total. The number of aryl methyl sites for hydroxylation is 1. The minimum Gasteiger partial charge on any atom is -0.497 e. The number of nitrogens with two attached hydrogens (primary N) is 1. The average Bonchev–Trinajstić information content (AvgIpc) is 2.59. The van der Waals surface area contributed by atoms with Crippen LogP contribution in [0.15, 0.2) is 47.4 Å². The van der Waals surface area contributed by atoms with Crippen molar-refractivity contribution in [2.75, 3.05) is 12.8 Å². The molecule has 0 aliphatic carbocycles. The molecule has 0 saturated carbocycles. The molecule has 0 aliphatic heterocycles. The van der Waals surface area contributed by atoms with Crippen LogP contribution >= 0.6 is 0 Å². The third kappa shape index (κ3) is 2.54. The molecule has 0 bridgehead atoms. The highest BCUT2D eigenvalue weighted by molar-refractivity contribution is 5.99. The predicted molar refractivity (Wildman–Crippen MR) is 92.7 cm³/mol. The molecular weight excluding hydrogens is 290 g/mol. The molecule has 5 heteroatoms. The van der Waals surface area contributed by atoms with Gasteiger partial charge in [-0.3, -0.25) is 9.36 Å². The van der Waals surface area contributed by atoms with Gasteiger partial charge in [-0.1, -0.05) is 19.1 Å². The summed E-state index contributed by atoms with van der Waals surface area (Å²) >= 11 is 0. The minimum atomic E-state index is -0.198. The number of rotatable bonds is 4. The number of aromatic nitrogens is 2. The SMILES string of the molecule is CCCn1c(=O)c(N)c(-c2cccc(OC)c2)c2cccnc21. The molecule has 3 rings (SSSR count). The Labute approximate surface area is 134 Å². The van der Waals surface area contributed by atoms with E-state index in [9.17, 15) is 4.79 Å². The Morgan fingerprint density at radius 2 is 2.09 bits per heavy atom. The molecule has 0 unspecified atom stereocenters. The fraction of sp³-hybridized carbons (Fsp3) is 0.222. The molecule has 3 aromatic rings. The van der Waals surface area contributed by atoms with Crippen molar-refractivity contribution >= 4 is 16.7 Å². The smallest absolute Gasteiger partial charge is 0.275 e. The Balaban J connectivity index is 2.39. The van der Waals surface area contributed by atoms with Gasteiger partial charge in [-0.15, -0.1) is 0 Å². The van der Waals surface area contributed by atoms with E-state index in [1.807, 2.05) is 43.3 Å². The highest BCUT2D eigenvalue weighted by Crippen LogP contribution is 2.32. The van der Waals surface area contributed by atoms with Crippen LogP contribution < -0.4 is 16.0 Å². The molecule has 0 spiro atoms. The number of hydrogen-bond acceptors (Lipinski definition) is 4. The number of benzene rings is 1. The number of fused-ring (bicyclic) bond motifs is 1. The predicted octanol–water partition coefficient (Wildman–Crippen LogP) is 3.06. The van der Waals surface area contributed by atoms with Crippen molar-refractivity contribution in [2.24, 2.45) is 0 Å². The first-order chi connectivity index (χ1) is 11.2. The fourth-order valence-corrected chi connectivity index (χ4v) is 2.82. The monoisotopic (exact) mass is 309 g/mol. The van der Waals surface area contributed by atoms with Crippen LogP contribution in [-0.4, -0.2) is 16.7 Å². The summed E-state index contributed by atoms with van der Waals surface area (Å²) in [4.78, 5) is 17.1. The van der Waals surface area contributed by atoms with E-state index in [1.54, 1.807) is 17.9 Å². The highest BCUT2D eigenvalue weighted by Gasteiger charge is 2.16. The van der Waals surface area contributed by atoms with Crippen molar-refractivity contribution in [1.82, 2.24) is 9.55 Å². The van der Waals surface area contributed by atoms with Gasteiger partial charge in [-0.2, -0.15) is 0 Å². The van der Waals surface area contributed by atoms with Gasteiger partial charge in [0.1, 0.15) is 17.1 Å². The van der Waals surface area contributed by atoms with E-state index in [-0.39, 0.29) is 11.2 Å². The zero-order valence-electron chi connectivity index (χ0n) is 13.2. The van der Waals surface area contributed by atoms with Gasteiger partial charge in [0, 0.05) is 23.7 Å². The lowest BCUT2D eigenvalue weighted by molar-refractivity contribution is 0.415. The van der Waals surface area contributed by atoms with Gasteiger partial charge < -0.3 is 10.5 Å². The molecule has 0 fully saturated rings. The van der Waals surface area contributed by atoms with Crippen LogP contribution in [0.4, 0.5) is 5.69 Å². The number of nitrogens with zero attached hydrogens (tertiary/aromatic N) is 2. The maximum atomic E-state index is 12.7. The molecule has 2 aromatic heterocycles. The summed E-state index contributed by atoms with van der Waals surface area (Å²) in [6.07, 6.45) is 2.53. The summed E-state index contributed by atoms with van der Waals surface area (Å²) in [5.41, 5.74) is 8.46. The second kappa shape index (κ2) is 6.12. The van der Waals surface area contributed by atoms with Gasteiger partial charge in [-0.05, 0) is 36.2 Å². The summed E-state index contributed by atoms with van der Waals surface area (Å²) in [6, 6.07) is 11.3. The van der Waals surface area contributed by atoms with Gasteiger partial charge in [0.2, 0.25) is 0 Å². The molecule has 23 heavy (non-hydrogen) atoms. The zero-order chi connectivity index (χ0) is 16.4. The normalized spacial score (nSPS) is 10.9. The first-order valence-corrected chi connectivity index (χ1v) is 7.58. The number of ether oxygens (including phenoxy) is 1. The van der Waals surface area contributed by atoms with E-state index in [4.69, 9.17) is 10.5 Å². The van der Waals surface area contributed by atoms with E-state index >= 15 is 0 Å². The van der Waals surface area contributed by atoms with E-state index in [1.165, 1.54) is 0 Å². The third-order valence-corrected chi connectivity index (χ3v) is 3.86. The van der Waals surface area contributed by atoms with E-state index in [2.05, 4.69) is 4.98 Å². The average molecular weight is 309 g/mol. The Morgan fingerprint density at radius 1 is 1.26 bits per heavy atom. The second-order valence-corrected chi connectivity index (χ2v) is 5.35. The molecule has 2 heterocycles. The van der Waals surface area contributed by atoms with Gasteiger partial charge in [0.15, 0.2) is 0 Å². The van der Waals surface area contributed by atoms with Crippen molar-refractivity contribution in [3.05, 3.63) is 52.9 Å². The van der Waals surface area contributed by atoms with Crippen LogP contribution in [0.5, 0.6) is 5.75 Å². The molecule has 0 radical (unpaired) electrons. The van der Waals surface area contributed by atoms with E-state index in [0.717, 1.165) is 23.1 Å².